The highest BCUT2D eigenvalue weighted by atomic mass is 28.3. The highest BCUT2D eigenvalue weighted by molar-refractivity contribution is 7.03. The fourth-order valence-electron chi connectivity index (χ4n) is 2.37. The summed E-state index contributed by atoms with van der Waals surface area (Å²) in [6.45, 7) is 4.96. The second kappa shape index (κ2) is 7.91. The molecule has 0 aromatic rings. The van der Waals surface area contributed by atoms with Gasteiger partial charge in [0.2, 0.25) is 0 Å². The molecular weight excluding hydrogens is 228 g/mol. The smallest absolute Gasteiger partial charge is 0.271 e. The molecular formula is C14H28O2Si. The average molecular weight is 256 g/mol. The van der Waals surface area contributed by atoms with Gasteiger partial charge < -0.3 is 4.74 Å². The maximum atomic E-state index is 11.9. The SMILES string of the molecule is C[Si]1(C)CCCCCCCCCCCOC1=O. The number of hydrogen-bond acceptors (Lipinski definition) is 2. The maximum absolute atomic E-state index is 11.9. The predicted molar refractivity (Wildman–Crippen MR) is 75.2 cm³/mol. The normalized spacial score (nSPS) is 24.7. The molecule has 2 nitrogen and oxygen atoms in total. The lowest BCUT2D eigenvalue weighted by atomic mass is 10.1. The summed E-state index contributed by atoms with van der Waals surface area (Å²) >= 11 is 0. The molecule has 3 heteroatoms. The van der Waals surface area contributed by atoms with Gasteiger partial charge in [-0.05, 0) is 12.5 Å². The van der Waals surface area contributed by atoms with Crippen LogP contribution in [0, 0.1) is 0 Å². The Labute approximate surface area is 107 Å². The van der Waals surface area contributed by atoms with E-state index in [0.29, 0.717) is 6.61 Å². The summed E-state index contributed by atoms with van der Waals surface area (Å²) in [5, 5.41) is 0. The van der Waals surface area contributed by atoms with Crippen LogP contribution < -0.4 is 0 Å². The van der Waals surface area contributed by atoms with Crippen molar-refractivity contribution in [2.45, 2.75) is 76.9 Å². The Hall–Kier alpha value is -0.313. The van der Waals surface area contributed by atoms with E-state index in [1.807, 2.05) is 0 Å². The van der Waals surface area contributed by atoms with E-state index in [1.165, 1.54) is 51.4 Å². The van der Waals surface area contributed by atoms with Crippen LogP contribution in [-0.4, -0.2) is 20.3 Å². The van der Waals surface area contributed by atoms with E-state index in [-0.39, 0.29) is 5.59 Å². The largest absolute Gasteiger partial charge is 0.470 e. The molecule has 0 spiro atoms. The van der Waals surface area contributed by atoms with E-state index in [0.717, 1.165) is 12.5 Å². The van der Waals surface area contributed by atoms with Crippen molar-refractivity contribution >= 4 is 13.7 Å². The first-order chi connectivity index (χ1) is 8.13. The highest BCUT2D eigenvalue weighted by Gasteiger charge is 2.31. The zero-order chi connectivity index (χ0) is 12.6. The third kappa shape index (κ3) is 6.25. The quantitative estimate of drug-likeness (QED) is 0.574. The van der Waals surface area contributed by atoms with Crippen LogP contribution in [0.25, 0.3) is 0 Å². The minimum atomic E-state index is -1.76. The Morgan fingerprint density at radius 2 is 1.29 bits per heavy atom. The monoisotopic (exact) mass is 256 g/mol. The Balaban J connectivity index is 2.37. The Morgan fingerprint density at radius 3 is 1.88 bits per heavy atom. The van der Waals surface area contributed by atoms with Crippen LogP contribution in [0.15, 0.2) is 0 Å². The number of carbonyl (C=O) groups excluding carboxylic acids is 1. The molecule has 0 aliphatic carbocycles. The van der Waals surface area contributed by atoms with E-state index in [9.17, 15) is 4.79 Å². The van der Waals surface area contributed by atoms with Crippen molar-refractivity contribution in [2.24, 2.45) is 0 Å². The molecule has 1 aliphatic heterocycles. The topological polar surface area (TPSA) is 26.3 Å². The molecule has 0 N–H and O–H groups in total. The van der Waals surface area contributed by atoms with Crippen molar-refractivity contribution in [3.63, 3.8) is 0 Å². The van der Waals surface area contributed by atoms with Crippen LogP contribution in [-0.2, 0) is 4.74 Å². The summed E-state index contributed by atoms with van der Waals surface area (Å²) in [7, 11) is -1.76. The van der Waals surface area contributed by atoms with E-state index in [1.54, 1.807) is 0 Å². The number of hydrogen-bond donors (Lipinski definition) is 0. The Kier molecular flexibility index (Phi) is 6.86. The standard InChI is InChI=1S/C14H28O2Si/c1-17(2)13-11-9-7-5-3-4-6-8-10-12-16-14(17)15/h3-13H2,1-2H3. The number of ether oxygens (including phenoxy) is 1. The first-order valence-corrected chi connectivity index (χ1v) is 10.5. The molecule has 0 aromatic heterocycles. The molecule has 0 saturated carbocycles. The van der Waals surface area contributed by atoms with Crippen LogP contribution in [0.4, 0.5) is 4.79 Å². The zero-order valence-corrected chi connectivity index (χ0v) is 12.6. The molecule has 0 unspecified atom stereocenters. The summed E-state index contributed by atoms with van der Waals surface area (Å²) < 4.78 is 5.42. The van der Waals surface area contributed by atoms with E-state index < -0.39 is 8.07 Å². The van der Waals surface area contributed by atoms with Crippen molar-refractivity contribution in [3.8, 4) is 0 Å². The molecule has 0 amide bonds. The zero-order valence-electron chi connectivity index (χ0n) is 11.6. The van der Waals surface area contributed by atoms with Gasteiger partial charge in [0, 0.05) is 0 Å². The highest BCUT2D eigenvalue weighted by Crippen LogP contribution is 2.19. The number of cyclic esters (lactones) is 1. The lowest BCUT2D eigenvalue weighted by molar-refractivity contribution is 0.167. The third-order valence-electron chi connectivity index (χ3n) is 3.73. The summed E-state index contributed by atoms with van der Waals surface area (Å²) in [6.07, 6.45) is 11.6. The maximum Gasteiger partial charge on any atom is 0.271 e. The van der Waals surface area contributed by atoms with Crippen LogP contribution in [0.3, 0.4) is 0 Å². The molecule has 0 aromatic carbocycles. The van der Waals surface area contributed by atoms with Crippen molar-refractivity contribution in [3.05, 3.63) is 0 Å². The van der Waals surface area contributed by atoms with Crippen LogP contribution in [0.1, 0.15) is 57.8 Å². The van der Waals surface area contributed by atoms with Crippen molar-refractivity contribution < 1.29 is 9.53 Å². The molecule has 1 saturated heterocycles. The molecule has 0 atom stereocenters. The molecule has 17 heavy (non-hydrogen) atoms. The first-order valence-electron chi connectivity index (χ1n) is 7.30. The second-order valence-corrected chi connectivity index (χ2v) is 10.6. The van der Waals surface area contributed by atoms with Crippen LogP contribution in [0.2, 0.25) is 19.1 Å². The van der Waals surface area contributed by atoms with Gasteiger partial charge in [-0.3, -0.25) is 4.79 Å². The van der Waals surface area contributed by atoms with Gasteiger partial charge in [0.05, 0.1) is 6.61 Å². The van der Waals surface area contributed by atoms with Crippen molar-refractivity contribution in [1.29, 1.82) is 0 Å². The minimum absolute atomic E-state index is 0.134. The van der Waals surface area contributed by atoms with Gasteiger partial charge in [0.15, 0.2) is 8.07 Å². The van der Waals surface area contributed by atoms with Gasteiger partial charge in [-0.1, -0.05) is 64.5 Å². The minimum Gasteiger partial charge on any atom is -0.470 e. The van der Waals surface area contributed by atoms with Crippen LogP contribution in [0.5, 0.6) is 0 Å². The van der Waals surface area contributed by atoms with Gasteiger partial charge in [0.1, 0.15) is 0 Å². The molecule has 100 valence electrons. The van der Waals surface area contributed by atoms with E-state index in [4.69, 9.17) is 4.74 Å². The summed E-state index contributed by atoms with van der Waals surface area (Å²) in [4.78, 5) is 11.9. The molecule has 1 heterocycles. The molecule has 1 aliphatic rings. The van der Waals surface area contributed by atoms with Gasteiger partial charge in [-0.25, -0.2) is 0 Å². The summed E-state index contributed by atoms with van der Waals surface area (Å²) in [6, 6.07) is 1.10. The second-order valence-electron chi connectivity index (χ2n) is 5.95. The van der Waals surface area contributed by atoms with Gasteiger partial charge in [-0.15, -0.1) is 0 Å². The molecule has 1 rings (SSSR count). The lowest BCUT2D eigenvalue weighted by Gasteiger charge is -2.20. The average Bonchev–Trinajstić information content (AvgIpc) is 2.29. The molecule has 0 radical (unpaired) electrons. The molecule has 1 fully saturated rings. The first kappa shape index (κ1) is 14.7. The van der Waals surface area contributed by atoms with Crippen molar-refractivity contribution in [2.75, 3.05) is 6.61 Å². The van der Waals surface area contributed by atoms with Gasteiger partial charge in [0.25, 0.3) is 5.59 Å². The third-order valence-corrected chi connectivity index (χ3v) is 6.58. The predicted octanol–water partition coefficient (Wildman–Crippen LogP) is 4.94. The number of carbonyl (C=O) groups is 1. The lowest BCUT2D eigenvalue weighted by Crippen LogP contribution is -2.38. The number of rotatable bonds is 0. The fourth-order valence-corrected chi connectivity index (χ4v) is 4.20. The van der Waals surface area contributed by atoms with E-state index in [2.05, 4.69) is 13.1 Å². The molecule has 0 bridgehead atoms. The van der Waals surface area contributed by atoms with E-state index >= 15 is 0 Å². The van der Waals surface area contributed by atoms with Gasteiger partial charge in [-0.2, -0.15) is 0 Å². The Morgan fingerprint density at radius 1 is 0.824 bits per heavy atom. The fraction of sp³-hybridized carbons (Fsp3) is 0.929. The summed E-state index contributed by atoms with van der Waals surface area (Å²) in [5.74, 6) is 0. The van der Waals surface area contributed by atoms with Gasteiger partial charge >= 0.3 is 0 Å². The Bertz CT molecular complexity index is 226. The van der Waals surface area contributed by atoms with Crippen LogP contribution >= 0.6 is 0 Å². The summed E-state index contributed by atoms with van der Waals surface area (Å²) in [5.41, 5.74) is 0.134. The van der Waals surface area contributed by atoms with Crippen molar-refractivity contribution in [1.82, 2.24) is 0 Å².